The van der Waals surface area contributed by atoms with E-state index in [1.807, 2.05) is 11.9 Å². The Hall–Kier alpha value is -1.88. The zero-order chi connectivity index (χ0) is 21.1. The first-order chi connectivity index (χ1) is 13.1. The lowest BCUT2D eigenvalue weighted by molar-refractivity contribution is -0.149. The summed E-state index contributed by atoms with van der Waals surface area (Å²) >= 11 is 0. The average molecular weight is 448 g/mol. The second-order valence-electron chi connectivity index (χ2n) is 6.63. The third-order valence-corrected chi connectivity index (χ3v) is 4.49. The maximum Gasteiger partial charge on any atom is 0.340 e. The van der Waals surface area contributed by atoms with Gasteiger partial charge in [-0.1, -0.05) is 0 Å². The number of hydrogen-bond acceptors (Lipinski definition) is 5. The van der Waals surface area contributed by atoms with E-state index >= 15 is 0 Å². The maximum absolute atomic E-state index is 14.2. The standard InChI is InChI=1S/C17H22F5N3O3.ClH/c1-24-6-4-5-12(24)15(26)25(2)8-10-7-11(18)14(23-13(10)27-3)28-9-17(21,22)16(19)20;/h7,12,16H,4-6,8-9H2,1-3H3;1H. The molecule has 0 spiro atoms. The number of alkyl halides is 4. The zero-order valence-electron chi connectivity index (χ0n) is 16.1. The maximum atomic E-state index is 14.2. The van der Waals surface area contributed by atoms with Crippen molar-refractivity contribution < 1.29 is 36.2 Å². The first kappa shape index (κ1) is 25.2. The van der Waals surface area contributed by atoms with Crippen molar-refractivity contribution in [2.75, 3.05) is 34.4 Å². The van der Waals surface area contributed by atoms with Gasteiger partial charge in [-0.2, -0.15) is 13.8 Å². The Kier molecular flexibility index (Phi) is 8.88. The third kappa shape index (κ3) is 6.05. The first-order valence-electron chi connectivity index (χ1n) is 8.54. The molecule has 0 radical (unpaired) electrons. The highest BCUT2D eigenvalue weighted by atomic mass is 35.5. The molecule has 166 valence electrons. The van der Waals surface area contributed by atoms with Crippen LogP contribution in [0, 0.1) is 5.82 Å². The minimum absolute atomic E-state index is 0. The van der Waals surface area contributed by atoms with Crippen molar-refractivity contribution >= 4 is 18.3 Å². The van der Waals surface area contributed by atoms with E-state index in [4.69, 9.17) is 4.74 Å². The fourth-order valence-electron chi connectivity index (χ4n) is 2.92. The van der Waals surface area contributed by atoms with Crippen LogP contribution in [0.2, 0.25) is 0 Å². The zero-order valence-corrected chi connectivity index (χ0v) is 16.9. The van der Waals surface area contributed by atoms with Crippen LogP contribution in [0.1, 0.15) is 18.4 Å². The molecule has 0 saturated carbocycles. The van der Waals surface area contributed by atoms with Crippen LogP contribution in [-0.2, 0) is 11.3 Å². The summed E-state index contributed by atoms with van der Waals surface area (Å²) in [6.07, 6.45) is -2.34. The van der Waals surface area contributed by atoms with Gasteiger partial charge < -0.3 is 14.4 Å². The predicted octanol–water partition coefficient (Wildman–Crippen LogP) is 2.98. The molecule has 0 N–H and O–H groups in total. The molecule has 1 atom stereocenters. The molecule has 1 aromatic heterocycles. The molecule has 12 heteroatoms. The Morgan fingerprint density at radius 3 is 2.59 bits per heavy atom. The van der Waals surface area contributed by atoms with E-state index in [0.29, 0.717) is 6.42 Å². The van der Waals surface area contributed by atoms with E-state index in [1.165, 1.54) is 12.0 Å². The lowest BCUT2D eigenvalue weighted by Crippen LogP contribution is -2.42. The number of likely N-dealkylation sites (N-methyl/N-ethyl adjacent to an activating group) is 2. The Bertz CT molecular complexity index is 711. The fourth-order valence-corrected chi connectivity index (χ4v) is 2.92. The molecule has 0 bridgehead atoms. The molecule has 0 aliphatic carbocycles. The molecule has 6 nitrogen and oxygen atoms in total. The molecule has 1 aliphatic rings. The largest absolute Gasteiger partial charge is 0.481 e. The molecule has 29 heavy (non-hydrogen) atoms. The quantitative estimate of drug-likeness (QED) is 0.573. The van der Waals surface area contributed by atoms with Crippen molar-refractivity contribution in [2.24, 2.45) is 0 Å². The summed E-state index contributed by atoms with van der Waals surface area (Å²) in [6, 6.07) is 0.650. The highest BCUT2D eigenvalue weighted by molar-refractivity contribution is 5.85. The summed E-state index contributed by atoms with van der Waals surface area (Å²) in [5, 5.41) is 0. The number of carbonyl (C=O) groups is 1. The Morgan fingerprint density at radius 2 is 2.07 bits per heavy atom. The van der Waals surface area contributed by atoms with Gasteiger partial charge in [0.1, 0.15) is 0 Å². The topological polar surface area (TPSA) is 54.9 Å². The monoisotopic (exact) mass is 447 g/mol. The van der Waals surface area contributed by atoms with Gasteiger partial charge in [0.15, 0.2) is 12.4 Å². The predicted molar refractivity (Wildman–Crippen MR) is 96.6 cm³/mol. The number of aromatic nitrogens is 1. The van der Waals surface area contributed by atoms with Crippen molar-refractivity contribution in [1.82, 2.24) is 14.8 Å². The van der Waals surface area contributed by atoms with Crippen LogP contribution in [0.3, 0.4) is 0 Å². The normalized spacial score (nSPS) is 17.2. The number of ether oxygens (including phenoxy) is 2. The number of nitrogens with zero attached hydrogens (tertiary/aromatic N) is 3. The Morgan fingerprint density at radius 1 is 1.41 bits per heavy atom. The van der Waals surface area contributed by atoms with Crippen LogP contribution in [-0.4, -0.2) is 73.4 Å². The summed E-state index contributed by atoms with van der Waals surface area (Å²) in [6.45, 7) is -0.966. The Balaban J connectivity index is 0.00000420. The number of likely N-dealkylation sites (tertiary alicyclic amines) is 1. The summed E-state index contributed by atoms with van der Waals surface area (Å²) in [5.41, 5.74) is 0.185. The van der Waals surface area contributed by atoms with E-state index in [0.717, 1.165) is 19.0 Å². The van der Waals surface area contributed by atoms with Crippen LogP contribution < -0.4 is 9.47 Å². The van der Waals surface area contributed by atoms with E-state index in [1.54, 1.807) is 7.05 Å². The molecule has 1 unspecified atom stereocenters. The van der Waals surface area contributed by atoms with Crippen LogP contribution in [0.25, 0.3) is 0 Å². The van der Waals surface area contributed by atoms with Crippen molar-refractivity contribution in [3.63, 3.8) is 0 Å². The van der Waals surface area contributed by atoms with Crippen molar-refractivity contribution in [3.05, 3.63) is 17.4 Å². The van der Waals surface area contributed by atoms with Gasteiger partial charge in [0, 0.05) is 12.6 Å². The number of hydrogen-bond donors (Lipinski definition) is 0. The number of pyridine rings is 1. The smallest absolute Gasteiger partial charge is 0.340 e. The third-order valence-electron chi connectivity index (χ3n) is 4.49. The van der Waals surface area contributed by atoms with Crippen molar-refractivity contribution in [1.29, 1.82) is 0 Å². The number of carbonyl (C=O) groups excluding carboxylic acids is 1. The molecule has 1 aromatic rings. The summed E-state index contributed by atoms with van der Waals surface area (Å²) in [5.74, 6) is -6.76. The van der Waals surface area contributed by atoms with Gasteiger partial charge in [0.05, 0.1) is 19.7 Å². The molecule has 1 saturated heterocycles. The molecule has 1 aliphatic heterocycles. The molecule has 1 amide bonds. The minimum atomic E-state index is -4.44. The number of amides is 1. The lowest BCUT2D eigenvalue weighted by atomic mass is 10.1. The minimum Gasteiger partial charge on any atom is -0.481 e. The SMILES string of the molecule is COc1nc(OCC(F)(F)C(F)F)c(F)cc1CN(C)C(=O)C1CCCN1C.Cl. The average Bonchev–Trinajstić information content (AvgIpc) is 3.06. The van der Waals surface area contributed by atoms with Gasteiger partial charge in [-0.15, -0.1) is 12.4 Å². The molecular weight excluding hydrogens is 425 g/mol. The number of halogens is 6. The van der Waals surface area contributed by atoms with Crippen molar-refractivity contribution in [2.45, 2.75) is 37.8 Å². The van der Waals surface area contributed by atoms with Crippen LogP contribution in [0.15, 0.2) is 6.07 Å². The second-order valence-corrected chi connectivity index (χ2v) is 6.63. The van der Waals surface area contributed by atoms with E-state index in [9.17, 15) is 26.7 Å². The molecular formula is C17H23ClF5N3O3. The molecule has 1 fully saturated rings. The first-order valence-corrected chi connectivity index (χ1v) is 8.54. The number of methoxy groups -OCH3 is 1. The second kappa shape index (κ2) is 10.2. The van der Waals surface area contributed by atoms with Gasteiger partial charge >= 0.3 is 12.3 Å². The van der Waals surface area contributed by atoms with E-state index in [-0.39, 0.29) is 42.3 Å². The van der Waals surface area contributed by atoms with Crippen LogP contribution in [0.4, 0.5) is 22.0 Å². The highest BCUT2D eigenvalue weighted by Gasteiger charge is 2.42. The molecule has 2 heterocycles. The molecule has 2 rings (SSSR count). The van der Waals surface area contributed by atoms with E-state index < -0.39 is 30.7 Å². The fraction of sp³-hybridized carbons (Fsp3) is 0.647. The number of rotatable bonds is 8. The van der Waals surface area contributed by atoms with Gasteiger partial charge in [-0.05, 0) is 32.5 Å². The van der Waals surface area contributed by atoms with Gasteiger partial charge in [-0.25, -0.2) is 13.2 Å². The van der Waals surface area contributed by atoms with Crippen LogP contribution in [0.5, 0.6) is 11.8 Å². The van der Waals surface area contributed by atoms with Gasteiger partial charge in [0.25, 0.3) is 5.88 Å². The molecule has 0 aromatic carbocycles. The van der Waals surface area contributed by atoms with E-state index in [2.05, 4.69) is 9.72 Å². The van der Waals surface area contributed by atoms with Crippen LogP contribution >= 0.6 is 12.4 Å². The van der Waals surface area contributed by atoms with Crippen molar-refractivity contribution in [3.8, 4) is 11.8 Å². The lowest BCUT2D eigenvalue weighted by Gasteiger charge is -2.25. The summed E-state index contributed by atoms with van der Waals surface area (Å²) in [4.78, 5) is 19.5. The summed E-state index contributed by atoms with van der Waals surface area (Å²) < 4.78 is 73.9. The summed E-state index contributed by atoms with van der Waals surface area (Å²) in [7, 11) is 4.60. The van der Waals surface area contributed by atoms with Gasteiger partial charge in [-0.3, -0.25) is 9.69 Å². The highest BCUT2D eigenvalue weighted by Crippen LogP contribution is 2.28. The Labute approximate surface area is 171 Å². The van der Waals surface area contributed by atoms with Gasteiger partial charge in [0.2, 0.25) is 11.8 Å².